The number of sulfonamides is 1. The second-order valence-electron chi connectivity index (χ2n) is 5.25. The fourth-order valence-electron chi connectivity index (χ4n) is 1.99. The van der Waals surface area contributed by atoms with Crippen molar-refractivity contribution in [2.45, 2.75) is 11.8 Å². The van der Waals surface area contributed by atoms with Gasteiger partial charge in [-0.3, -0.25) is 20.4 Å². The van der Waals surface area contributed by atoms with E-state index in [9.17, 15) is 18.0 Å². The number of rotatable bonds is 5. The number of aryl methyl sites for hydroxylation is 1. The predicted octanol–water partition coefficient (Wildman–Crippen LogP) is 1.14. The molecule has 0 radical (unpaired) electrons. The number of carbonyl (C=O) groups excluding carboxylic acids is 2. The third kappa shape index (κ3) is 5.19. The zero-order valence-corrected chi connectivity index (χ0v) is 15.2. The van der Waals surface area contributed by atoms with Crippen molar-refractivity contribution in [1.82, 2.24) is 10.9 Å². The molecule has 0 fully saturated rings. The molecule has 4 N–H and O–H groups in total. The Morgan fingerprint density at radius 3 is 2.50 bits per heavy atom. The van der Waals surface area contributed by atoms with Gasteiger partial charge in [-0.1, -0.05) is 29.8 Å². The van der Waals surface area contributed by atoms with Gasteiger partial charge in [0.25, 0.3) is 11.8 Å². The molecule has 0 atom stereocenters. The summed E-state index contributed by atoms with van der Waals surface area (Å²) < 4.78 is 28.2. The number of nitrogens with two attached hydrogens (primary N) is 1. The molecule has 0 unspecified atom stereocenters. The van der Waals surface area contributed by atoms with E-state index in [2.05, 4.69) is 10.9 Å². The van der Waals surface area contributed by atoms with Crippen LogP contribution in [0.3, 0.4) is 0 Å². The first-order valence-electron chi connectivity index (χ1n) is 7.28. The molecular weight excluding hydrogens is 382 g/mol. The molecule has 2 aromatic carbocycles. The van der Waals surface area contributed by atoms with Gasteiger partial charge in [0.15, 0.2) is 6.61 Å². The van der Waals surface area contributed by atoms with Crippen LogP contribution in [0.2, 0.25) is 5.02 Å². The summed E-state index contributed by atoms with van der Waals surface area (Å²) in [6.07, 6.45) is 0. The van der Waals surface area contributed by atoms with Crippen molar-refractivity contribution in [2.24, 2.45) is 5.14 Å². The van der Waals surface area contributed by atoms with Crippen LogP contribution in [0.25, 0.3) is 0 Å². The molecule has 2 aromatic rings. The first kappa shape index (κ1) is 19.7. The van der Waals surface area contributed by atoms with Gasteiger partial charge in [-0.25, -0.2) is 13.6 Å². The van der Waals surface area contributed by atoms with Crippen LogP contribution in [0.15, 0.2) is 47.4 Å². The van der Waals surface area contributed by atoms with Gasteiger partial charge in [0, 0.05) is 5.56 Å². The smallest absolute Gasteiger partial charge is 0.276 e. The van der Waals surface area contributed by atoms with Crippen LogP contribution >= 0.6 is 11.6 Å². The molecule has 0 heterocycles. The first-order chi connectivity index (χ1) is 12.2. The number of carbonyl (C=O) groups is 2. The molecule has 8 nitrogen and oxygen atoms in total. The van der Waals surface area contributed by atoms with E-state index in [0.717, 1.165) is 6.07 Å². The van der Waals surface area contributed by atoms with Crippen LogP contribution in [0, 0.1) is 6.92 Å². The number of hydrazine groups is 1. The molecule has 26 heavy (non-hydrogen) atoms. The summed E-state index contributed by atoms with van der Waals surface area (Å²) in [7, 11) is -3.96. The van der Waals surface area contributed by atoms with Gasteiger partial charge in [-0.05, 0) is 36.8 Å². The maximum Gasteiger partial charge on any atom is 0.276 e. The number of halogens is 1. The van der Waals surface area contributed by atoms with Gasteiger partial charge in [-0.2, -0.15) is 0 Å². The highest BCUT2D eigenvalue weighted by Crippen LogP contribution is 2.22. The number of benzene rings is 2. The molecule has 0 aromatic heterocycles. The maximum atomic E-state index is 12.0. The average Bonchev–Trinajstić information content (AvgIpc) is 2.58. The average molecular weight is 398 g/mol. The number of hydrogen-bond donors (Lipinski definition) is 3. The lowest BCUT2D eigenvalue weighted by Crippen LogP contribution is -2.43. The van der Waals surface area contributed by atoms with E-state index in [0.29, 0.717) is 16.3 Å². The monoisotopic (exact) mass is 397 g/mol. The minimum atomic E-state index is -3.96. The Morgan fingerprint density at radius 1 is 1.15 bits per heavy atom. The highest BCUT2D eigenvalue weighted by atomic mass is 35.5. The van der Waals surface area contributed by atoms with Crippen molar-refractivity contribution in [3.05, 3.63) is 58.6 Å². The van der Waals surface area contributed by atoms with Crippen LogP contribution in [-0.2, 0) is 14.8 Å². The first-order valence-corrected chi connectivity index (χ1v) is 9.21. The van der Waals surface area contributed by atoms with Gasteiger partial charge >= 0.3 is 0 Å². The summed E-state index contributed by atoms with van der Waals surface area (Å²) in [5.74, 6) is -1.01. The number of amides is 2. The minimum Gasteiger partial charge on any atom is -0.482 e. The third-order valence-corrected chi connectivity index (χ3v) is 4.63. The van der Waals surface area contributed by atoms with Crippen molar-refractivity contribution in [3.8, 4) is 5.75 Å². The van der Waals surface area contributed by atoms with Crippen LogP contribution in [0.4, 0.5) is 0 Å². The fourth-order valence-corrected chi connectivity index (χ4v) is 2.99. The standard InChI is InChI=1S/C16H16ClN3O5S/c1-10-6-7-11(8-14(10)26(18,23)24)16(22)20-19-15(21)9-25-13-5-3-2-4-12(13)17/h2-8H,9H2,1H3,(H,19,21)(H,20,22)(H2,18,23,24). The number of hydrogen-bond acceptors (Lipinski definition) is 5. The summed E-state index contributed by atoms with van der Waals surface area (Å²) in [4.78, 5) is 23.6. The van der Waals surface area contributed by atoms with Crippen LogP contribution in [0.5, 0.6) is 5.75 Å². The van der Waals surface area contributed by atoms with Crippen molar-refractivity contribution in [3.63, 3.8) is 0 Å². The summed E-state index contributed by atoms with van der Waals surface area (Å²) in [5.41, 5.74) is 4.74. The van der Waals surface area contributed by atoms with Crippen molar-refractivity contribution in [2.75, 3.05) is 6.61 Å². The molecular formula is C16H16ClN3O5S. The van der Waals surface area contributed by atoms with Gasteiger partial charge < -0.3 is 4.74 Å². The van der Waals surface area contributed by atoms with E-state index in [4.69, 9.17) is 21.5 Å². The quantitative estimate of drug-likeness (QED) is 0.652. The number of para-hydroxylation sites is 1. The Kier molecular flexibility index (Phi) is 6.19. The Morgan fingerprint density at radius 2 is 1.85 bits per heavy atom. The summed E-state index contributed by atoms with van der Waals surface area (Å²) in [6, 6.07) is 10.6. The van der Waals surface area contributed by atoms with E-state index >= 15 is 0 Å². The Labute approximate surface area is 155 Å². The molecule has 2 rings (SSSR count). The molecule has 0 bridgehead atoms. The SMILES string of the molecule is Cc1ccc(C(=O)NNC(=O)COc2ccccc2Cl)cc1S(N)(=O)=O. The van der Waals surface area contributed by atoms with Crippen LogP contribution < -0.4 is 20.7 Å². The van der Waals surface area contributed by atoms with Crippen LogP contribution in [-0.4, -0.2) is 26.8 Å². The second kappa shape index (κ2) is 8.17. The molecule has 0 spiro atoms. The summed E-state index contributed by atoms with van der Waals surface area (Å²) in [5, 5.41) is 5.45. The van der Waals surface area contributed by atoms with Gasteiger partial charge in [0.2, 0.25) is 10.0 Å². The predicted molar refractivity (Wildman–Crippen MR) is 95.1 cm³/mol. The highest BCUT2D eigenvalue weighted by Gasteiger charge is 2.15. The molecule has 0 aliphatic rings. The molecule has 0 saturated carbocycles. The zero-order valence-electron chi connectivity index (χ0n) is 13.7. The van der Waals surface area contributed by atoms with E-state index in [-0.39, 0.29) is 17.1 Å². The van der Waals surface area contributed by atoms with Crippen molar-refractivity contribution >= 4 is 33.4 Å². The minimum absolute atomic E-state index is 0.0203. The van der Waals surface area contributed by atoms with Gasteiger partial charge in [-0.15, -0.1) is 0 Å². The third-order valence-electron chi connectivity index (χ3n) is 3.27. The Bertz CT molecular complexity index is 947. The van der Waals surface area contributed by atoms with E-state index < -0.39 is 21.8 Å². The Hall–Kier alpha value is -2.62. The van der Waals surface area contributed by atoms with Crippen molar-refractivity contribution in [1.29, 1.82) is 0 Å². The normalized spacial score (nSPS) is 10.9. The topological polar surface area (TPSA) is 128 Å². The van der Waals surface area contributed by atoms with Gasteiger partial charge in [0.05, 0.1) is 9.92 Å². The van der Waals surface area contributed by atoms with E-state index in [1.807, 2.05) is 0 Å². The lowest BCUT2D eigenvalue weighted by Gasteiger charge is -2.10. The maximum absolute atomic E-state index is 12.0. The second-order valence-corrected chi connectivity index (χ2v) is 7.18. The number of primary sulfonamides is 1. The zero-order chi connectivity index (χ0) is 19.3. The fraction of sp³-hybridized carbons (Fsp3) is 0.125. The lowest BCUT2D eigenvalue weighted by molar-refractivity contribution is -0.123. The lowest BCUT2D eigenvalue weighted by atomic mass is 10.1. The molecule has 2 amide bonds. The molecule has 0 saturated heterocycles. The van der Waals surface area contributed by atoms with E-state index in [1.165, 1.54) is 12.1 Å². The van der Waals surface area contributed by atoms with Crippen molar-refractivity contribution < 1.29 is 22.7 Å². The Balaban J connectivity index is 1.94. The highest BCUT2D eigenvalue weighted by molar-refractivity contribution is 7.89. The number of ether oxygens (including phenoxy) is 1. The molecule has 0 aliphatic carbocycles. The summed E-state index contributed by atoms with van der Waals surface area (Å²) in [6.45, 7) is 1.18. The van der Waals surface area contributed by atoms with Crippen LogP contribution in [0.1, 0.15) is 15.9 Å². The molecule has 0 aliphatic heterocycles. The molecule has 138 valence electrons. The van der Waals surface area contributed by atoms with Gasteiger partial charge in [0.1, 0.15) is 5.75 Å². The number of nitrogens with one attached hydrogen (secondary N) is 2. The van der Waals surface area contributed by atoms with E-state index in [1.54, 1.807) is 31.2 Å². The molecule has 10 heteroatoms. The largest absolute Gasteiger partial charge is 0.482 e. The summed E-state index contributed by atoms with van der Waals surface area (Å²) >= 11 is 5.89.